The lowest BCUT2D eigenvalue weighted by molar-refractivity contribution is 0.0863. The van der Waals surface area contributed by atoms with E-state index in [1.54, 1.807) is 0 Å². The number of hydrogen-bond acceptors (Lipinski definition) is 2. The summed E-state index contributed by atoms with van der Waals surface area (Å²) in [6, 6.07) is 9.56. The van der Waals surface area contributed by atoms with Crippen molar-refractivity contribution in [1.82, 2.24) is 5.32 Å². The van der Waals surface area contributed by atoms with Crippen LogP contribution in [0, 0.1) is 5.92 Å². The lowest BCUT2D eigenvalue weighted by Crippen LogP contribution is -2.31. The normalized spacial score (nSPS) is 30.7. The largest absolute Gasteiger partial charge is 0.375 e. The van der Waals surface area contributed by atoms with Gasteiger partial charge in [-0.15, -0.1) is 0 Å². The fourth-order valence-electron chi connectivity index (χ4n) is 3.89. The summed E-state index contributed by atoms with van der Waals surface area (Å²) in [6.07, 6.45) is 7.16. The van der Waals surface area contributed by atoms with Gasteiger partial charge in [0.25, 0.3) is 0 Å². The van der Waals surface area contributed by atoms with Crippen molar-refractivity contribution in [2.24, 2.45) is 5.92 Å². The summed E-state index contributed by atoms with van der Waals surface area (Å²) in [7, 11) is 2.09. The minimum atomic E-state index is 0.451. The van der Waals surface area contributed by atoms with Crippen molar-refractivity contribution >= 4 is 0 Å². The first-order valence-electron chi connectivity index (χ1n) is 7.73. The number of ether oxygens (including phenoxy) is 1. The summed E-state index contributed by atoms with van der Waals surface area (Å²) in [5.41, 5.74) is 2.90. The maximum Gasteiger partial charge on any atom is 0.0627 e. The summed E-state index contributed by atoms with van der Waals surface area (Å²) in [6.45, 7) is 2.24. The highest BCUT2D eigenvalue weighted by Crippen LogP contribution is 2.44. The molecule has 2 heterocycles. The molecule has 1 aromatic carbocycles. The molecule has 0 amide bonds. The molecule has 2 bridgehead atoms. The maximum atomic E-state index is 6.03. The van der Waals surface area contributed by atoms with Gasteiger partial charge in [0.2, 0.25) is 0 Å². The zero-order valence-electron chi connectivity index (χ0n) is 12.1. The van der Waals surface area contributed by atoms with Gasteiger partial charge < -0.3 is 10.1 Å². The third kappa shape index (κ3) is 2.56. The molecule has 104 valence electrons. The van der Waals surface area contributed by atoms with Gasteiger partial charge in [0.1, 0.15) is 0 Å². The van der Waals surface area contributed by atoms with Crippen LogP contribution in [0.5, 0.6) is 0 Å². The summed E-state index contributed by atoms with van der Waals surface area (Å²) >= 11 is 0. The molecular weight excluding hydrogens is 234 g/mol. The van der Waals surface area contributed by atoms with Crippen LogP contribution >= 0.6 is 0 Å². The number of fused-ring (bicyclic) bond motifs is 2. The molecule has 4 unspecified atom stereocenters. The lowest BCUT2D eigenvalue weighted by atomic mass is 9.80. The second-order valence-corrected chi connectivity index (χ2v) is 6.03. The van der Waals surface area contributed by atoms with Gasteiger partial charge in [0.15, 0.2) is 0 Å². The van der Waals surface area contributed by atoms with E-state index < -0.39 is 0 Å². The monoisotopic (exact) mass is 259 g/mol. The second kappa shape index (κ2) is 5.64. The van der Waals surface area contributed by atoms with Crippen molar-refractivity contribution < 1.29 is 4.74 Å². The molecule has 1 N–H and O–H groups in total. The molecule has 2 fully saturated rings. The average Bonchev–Trinajstić information content (AvgIpc) is 3.03. The van der Waals surface area contributed by atoms with E-state index in [2.05, 4.69) is 43.6 Å². The first-order valence-corrected chi connectivity index (χ1v) is 7.73. The third-order valence-corrected chi connectivity index (χ3v) is 4.74. The topological polar surface area (TPSA) is 21.3 Å². The second-order valence-electron chi connectivity index (χ2n) is 6.03. The molecule has 4 atom stereocenters. The molecule has 2 nitrogen and oxygen atoms in total. The third-order valence-electron chi connectivity index (χ3n) is 4.74. The van der Waals surface area contributed by atoms with E-state index in [9.17, 15) is 0 Å². The number of rotatable bonds is 5. The minimum Gasteiger partial charge on any atom is -0.375 e. The molecular formula is C17H25NO. The molecule has 2 aliphatic heterocycles. The van der Waals surface area contributed by atoms with Gasteiger partial charge in [-0.1, -0.05) is 37.6 Å². The van der Waals surface area contributed by atoms with Gasteiger partial charge in [-0.3, -0.25) is 0 Å². The molecule has 0 spiro atoms. The summed E-state index contributed by atoms with van der Waals surface area (Å²) in [5, 5.41) is 3.53. The van der Waals surface area contributed by atoms with Crippen LogP contribution in [0.15, 0.2) is 24.3 Å². The van der Waals surface area contributed by atoms with Crippen LogP contribution in [0.1, 0.15) is 49.8 Å². The standard InChI is InChI=1S/C17H25NO/c1-3-5-12-6-4-7-13(10-12)17(18-2)15-11-14-8-9-16(15)19-14/h4,6-7,10,14-18H,3,5,8-9,11H2,1-2H3. The Morgan fingerprint density at radius 3 is 2.89 bits per heavy atom. The van der Waals surface area contributed by atoms with Gasteiger partial charge in [-0.2, -0.15) is 0 Å². The highest BCUT2D eigenvalue weighted by Gasteiger charge is 2.44. The minimum absolute atomic E-state index is 0.451. The van der Waals surface area contributed by atoms with Gasteiger partial charge in [0.05, 0.1) is 12.2 Å². The zero-order chi connectivity index (χ0) is 13.2. The van der Waals surface area contributed by atoms with E-state index in [0.29, 0.717) is 24.2 Å². The Morgan fingerprint density at radius 1 is 1.37 bits per heavy atom. The van der Waals surface area contributed by atoms with E-state index in [-0.39, 0.29) is 0 Å². The Hall–Kier alpha value is -0.860. The van der Waals surface area contributed by atoms with Crippen LogP contribution in [0.4, 0.5) is 0 Å². The van der Waals surface area contributed by atoms with E-state index in [4.69, 9.17) is 4.74 Å². The first-order chi connectivity index (χ1) is 9.31. The molecule has 0 radical (unpaired) electrons. The average molecular weight is 259 g/mol. The van der Waals surface area contributed by atoms with E-state index in [1.165, 1.54) is 43.2 Å². The maximum absolute atomic E-state index is 6.03. The molecule has 0 aliphatic carbocycles. The van der Waals surface area contributed by atoms with Gasteiger partial charge in [-0.25, -0.2) is 0 Å². The van der Waals surface area contributed by atoms with Crippen molar-refractivity contribution in [3.8, 4) is 0 Å². The van der Waals surface area contributed by atoms with Crippen LogP contribution in [0.2, 0.25) is 0 Å². The Kier molecular flexibility index (Phi) is 3.90. The molecule has 2 aliphatic rings. The van der Waals surface area contributed by atoms with Crippen LogP contribution in [-0.4, -0.2) is 19.3 Å². The zero-order valence-corrected chi connectivity index (χ0v) is 12.1. The van der Waals surface area contributed by atoms with Crippen molar-refractivity contribution in [3.05, 3.63) is 35.4 Å². The van der Waals surface area contributed by atoms with Gasteiger partial charge in [-0.05, 0) is 43.9 Å². The van der Waals surface area contributed by atoms with Gasteiger partial charge >= 0.3 is 0 Å². The molecule has 3 rings (SSSR count). The van der Waals surface area contributed by atoms with Crippen molar-refractivity contribution in [3.63, 3.8) is 0 Å². The molecule has 0 saturated carbocycles. The van der Waals surface area contributed by atoms with Crippen LogP contribution < -0.4 is 5.32 Å². The van der Waals surface area contributed by atoms with Crippen molar-refractivity contribution in [2.75, 3.05) is 7.05 Å². The van der Waals surface area contributed by atoms with Crippen molar-refractivity contribution in [2.45, 2.75) is 57.3 Å². The number of benzene rings is 1. The molecule has 1 aromatic rings. The van der Waals surface area contributed by atoms with E-state index >= 15 is 0 Å². The molecule has 2 saturated heterocycles. The van der Waals surface area contributed by atoms with E-state index in [1.807, 2.05) is 0 Å². The van der Waals surface area contributed by atoms with Crippen LogP contribution in [-0.2, 0) is 11.2 Å². The highest BCUT2D eigenvalue weighted by molar-refractivity contribution is 5.27. The molecule has 0 aromatic heterocycles. The van der Waals surface area contributed by atoms with Crippen molar-refractivity contribution in [1.29, 1.82) is 0 Å². The summed E-state index contributed by atoms with van der Waals surface area (Å²) in [5.74, 6) is 0.653. The smallest absolute Gasteiger partial charge is 0.0627 e. The number of hydrogen-bond donors (Lipinski definition) is 1. The van der Waals surface area contributed by atoms with Crippen LogP contribution in [0.25, 0.3) is 0 Å². The quantitative estimate of drug-likeness (QED) is 0.874. The number of nitrogens with one attached hydrogen (secondary N) is 1. The fourth-order valence-corrected chi connectivity index (χ4v) is 3.89. The Bertz CT molecular complexity index is 431. The highest BCUT2D eigenvalue weighted by atomic mass is 16.5. The Morgan fingerprint density at radius 2 is 2.26 bits per heavy atom. The first kappa shape index (κ1) is 13.1. The predicted octanol–water partition coefficient (Wildman–Crippen LogP) is 3.47. The SMILES string of the molecule is CCCc1cccc(C(NC)C2CC3CCC2O3)c1. The van der Waals surface area contributed by atoms with Gasteiger partial charge in [0, 0.05) is 12.0 Å². The lowest BCUT2D eigenvalue weighted by Gasteiger charge is -2.29. The number of aryl methyl sites for hydroxylation is 1. The summed E-state index contributed by atoms with van der Waals surface area (Å²) < 4.78 is 6.03. The Labute approximate surface area is 116 Å². The summed E-state index contributed by atoms with van der Waals surface area (Å²) in [4.78, 5) is 0. The fraction of sp³-hybridized carbons (Fsp3) is 0.647. The predicted molar refractivity (Wildman–Crippen MR) is 78.2 cm³/mol. The molecule has 2 heteroatoms. The Balaban J connectivity index is 1.80. The van der Waals surface area contributed by atoms with E-state index in [0.717, 1.165) is 0 Å². The van der Waals surface area contributed by atoms with Crippen LogP contribution in [0.3, 0.4) is 0 Å². The molecule has 19 heavy (non-hydrogen) atoms.